The number of hydrogen-bond acceptors (Lipinski definition) is 5. The predicted molar refractivity (Wildman–Crippen MR) is 114 cm³/mol. The average Bonchev–Trinajstić information content (AvgIpc) is 2.82. The van der Waals surface area contributed by atoms with Crippen molar-refractivity contribution in [3.8, 4) is 5.75 Å². The van der Waals surface area contributed by atoms with Crippen LogP contribution in [0.2, 0.25) is 0 Å². The van der Waals surface area contributed by atoms with Gasteiger partial charge in [-0.15, -0.1) is 0 Å². The van der Waals surface area contributed by atoms with Crippen molar-refractivity contribution in [2.24, 2.45) is 0 Å². The fraction of sp³-hybridized carbons (Fsp3) is 0.261. The van der Waals surface area contributed by atoms with Crippen LogP contribution in [0, 0.1) is 13.8 Å². The highest BCUT2D eigenvalue weighted by Gasteiger charge is 2.29. The van der Waals surface area contributed by atoms with Gasteiger partial charge in [-0.1, -0.05) is 12.1 Å². The molecule has 2 amide bonds. The molecular weight excluding hydrogens is 384 g/mol. The van der Waals surface area contributed by atoms with Crippen LogP contribution in [0.5, 0.6) is 5.75 Å². The van der Waals surface area contributed by atoms with Crippen molar-refractivity contribution < 1.29 is 18.7 Å². The number of benzene rings is 2. The minimum atomic E-state index is -0.427. The third kappa shape index (κ3) is 3.54. The van der Waals surface area contributed by atoms with Gasteiger partial charge in [0.1, 0.15) is 11.3 Å². The molecule has 0 saturated heterocycles. The molecule has 1 N–H and O–H groups in total. The Bertz CT molecular complexity index is 1210. The first-order valence-electron chi connectivity index (χ1n) is 9.73. The molecule has 7 nitrogen and oxygen atoms in total. The second-order valence-electron chi connectivity index (χ2n) is 7.48. The van der Waals surface area contributed by atoms with E-state index in [4.69, 9.17) is 9.15 Å². The van der Waals surface area contributed by atoms with Crippen LogP contribution in [0.1, 0.15) is 24.5 Å². The van der Waals surface area contributed by atoms with E-state index >= 15 is 0 Å². The molecular formula is C23H22N2O5. The lowest BCUT2D eigenvalue weighted by Crippen LogP contribution is -2.41. The van der Waals surface area contributed by atoms with E-state index < -0.39 is 5.63 Å². The highest BCUT2D eigenvalue weighted by atomic mass is 16.5. The van der Waals surface area contributed by atoms with Crippen LogP contribution in [-0.4, -0.2) is 24.5 Å². The minimum Gasteiger partial charge on any atom is -0.483 e. The maximum Gasteiger partial charge on any atom is 0.336 e. The van der Waals surface area contributed by atoms with Crippen LogP contribution in [0.15, 0.2) is 51.7 Å². The Hall–Kier alpha value is -3.61. The van der Waals surface area contributed by atoms with Gasteiger partial charge in [0.25, 0.3) is 5.91 Å². The number of aryl methyl sites for hydroxylation is 2. The van der Waals surface area contributed by atoms with Crippen LogP contribution < -0.4 is 20.6 Å². The average molecular weight is 406 g/mol. The Kier molecular flexibility index (Phi) is 5.03. The van der Waals surface area contributed by atoms with Gasteiger partial charge in [0, 0.05) is 29.5 Å². The summed E-state index contributed by atoms with van der Waals surface area (Å²) in [6, 6.07) is 11.9. The van der Waals surface area contributed by atoms with Crippen molar-refractivity contribution in [1.82, 2.24) is 0 Å². The number of carbonyl (C=O) groups is 2. The summed E-state index contributed by atoms with van der Waals surface area (Å²) in [5.74, 6) is 0.0631. The highest BCUT2D eigenvalue weighted by molar-refractivity contribution is 6.04. The Labute approximate surface area is 173 Å². The minimum absolute atomic E-state index is 0.137. The first-order chi connectivity index (χ1) is 14.3. The summed E-state index contributed by atoms with van der Waals surface area (Å²) in [5, 5.41) is 3.66. The summed E-state index contributed by atoms with van der Waals surface area (Å²) in [4.78, 5) is 38.5. The zero-order valence-corrected chi connectivity index (χ0v) is 17.0. The molecule has 1 aliphatic heterocycles. The molecule has 0 radical (unpaired) electrons. The fourth-order valence-electron chi connectivity index (χ4n) is 3.83. The van der Waals surface area contributed by atoms with Gasteiger partial charge >= 0.3 is 5.63 Å². The van der Waals surface area contributed by atoms with Gasteiger partial charge in [0.2, 0.25) is 5.91 Å². The molecule has 4 rings (SSSR count). The van der Waals surface area contributed by atoms with E-state index in [0.29, 0.717) is 28.3 Å². The summed E-state index contributed by atoms with van der Waals surface area (Å²) in [7, 11) is 0. The molecule has 0 fully saturated rings. The molecule has 30 heavy (non-hydrogen) atoms. The van der Waals surface area contributed by atoms with Crippen LogP contribution in [0.25, 0.3) is 11.0 Å². The number of anilines is 2. The summed E-state index contributed by atoms with van der Waals surface area (Å²) in [6.45, 7) is 5.25. The molecule has 1 atom stereocenters. The Morgan fingerprint density at radius 3 is 2.77 bits per heavy atom. The van der Waals surface area contributed by atoms with Gasteiger partial charge in [-0.2, -0.15) is 0 Å². The summed E-state index contributed by atoms with van der Waals surface area (Å²) in [5.41, 5.74) is 2.73. The molecule has 1 aliphatic rings. The van der Waals surface area contributed by atoms with E-state index in [2.05, 4.69) is 5.32 Å². The second-order valence-corrected chi connectivity index (χ2v) is 7.48. The standard InChI is InChI=1S/C23H22N2O5/c1-13-10-22(28)30-23-15(3)19(9-8-16(13)23)29-12-21(27)25-14(2)11-20(26)24-17-6-4-5-7-18(17)25/h4-10,14H,11-12H2,1-3H3,(H,24,26)/t14-/m1/s1. The molecule has 2 aromatic carbocycles. The van der Waals surface area contributed by atoms with Crippen molar-refractivity contribution in [3.05, 3.63) is 64.0 Å². The van der Waals surface area contributed by atoms with Crippen molar-refractivity contribution in [3.63, 3.8) is 0 Å². The van der Waals surface area contributed by atoms with Gasteiger partial charge in [0.05, 0.1) is 11.4 Å². The number of para-hydroxylation sites is 2. The number of fused-ring (bicyclic) bond motifs is 2. The lowest BCUT2D eigenvalue weighted by molar-refractivity contribution is -0.121. The van der Waals surface area contributed by atoms with Gasteiger partial charge in [-0.05, 0) is 50.6 Å². The largest absolute Gasteiger partial charge is 0.483 e. The molecule has 1 aromatic heterocycles. The van der Waals surface area contributed by atoms with Gasteiger partial charge in [-0.3, -0.25) is 9.59 Å². The fourth-order valence-corrected chi connectivity index (χ4v) is 3.83. The number of amides is 2. The Balaban J connectivity index is 1.61. The first kappa shape index (κ1) is 19.7. The van der Waals surface area contributed by atoms with E-state index in [9.17, 15) is 14.4 Å². The van der Waals surface area contributed by atoms with Crippen molar-refractivity contribution in [2.75, 3.05) is 16.8 Å². The van der Waals surface area contributed by atoms with Crippen molar-refractivity contribution in [2.45, 2.75) is 33.2 Å². The highest BCUT2D eigenvalue weighted by Crippen LogP contribution is 2.32. The summed E-state index contributed by atoms with van der Waals surface area (Å²) >= 11 is 0. The van der Waals surface area contributed by atoms with Crippen LogP contribution >= 0.6 is 0 Å². The lowest BCUT2D eigenvalue weighted by atomic mass is 10.1. The van der Waals surface area contributed by atoms with Gasteiger partial charge in [0.15, 0.2) is 6.61 Å². The number of carbonyl (C=O) groups excluding carboxylic acids is 2. The molecule has 0 unspecified atom stereocenters. The van der Waals surface area contributed by atoms with Crippen molar-refractivity contribution >= 4 is 34.2 Å². The Morgan fingerprint density at radius 1 is 1.20 bits per heavy atom. The molecule has 154 valence electrons. The number of hydrogen-bond donors (Lipinski definition) is 1. The number of ether oxygens (including phenoxy) is 1. The SMILES string of the molecule is Cc1cc(=O)oc2c(C)c(OCC(=O)N3c4ccccc4NC(=O)C[C@H]3C)ccc12. The van der Waals surface area contributed by atoms with E-state index in [1.54, 1.807) is 30.0 Å². The van der Waals surface area contributed by atoms with E-state index in [1.807, 2.05) is 32.0 Å². The third-order valence-corrected chi connectivity index (χ3v) is 5.30. The van der Waals surface area contributed by atoms with E-state index in [-0.39, 0.29) is 30.9 Å². The molecule has 0 spiro atoms. The smallest absolute Gasteiger partial charge is 0.336 e. The van der Waals surface area contributed by atoms with Crippen LogP contribution in [0.3, 0.4) is 0 Å². The number of nitrogens with one attached hydrogen (secondary N) is 1. The molecule has 7 heteroatoms. The molecule has 0 bridgehead atoms. The summed E-state index contributed by atoms with van der Waals surface area (Å²) in [6.07, 6.45) is 0.194. The summed E-state index contributed by atoms with van der Waals surface area (Å²) < 4.78 is 11.2. The zero-order chi connectivity index (χ0) is 21.4. The topological polar surface area (TPSA) is 88.8 Å². The second kappa shape index (κ2) is 7.67. The lowest BCUT2D eigenvalue weighted by Gasteiger charge is -2.27. The van der Waals surface area contributed by atoms with Gasteiger partial charge < -0.3 is 19.4 Å². The number of rotatable bonds is 3. The molecule has 2 heterocycles. The van der Waals surface area contributed by atoms with Crippen molar-refractivity contribution in [1.29, 1.82) is 0 Å². The van der Waals surface area contributed by atoms with Gasteiger partial charge in [-0.25, -0.2) is 4.79 Å². The molecule has 3 aromatic rings. The maximum absolute atomic E-state index is 13.1. The van der Waals surface area contributed by atoms with E-state index in [1.165, 1.54) is 6.07 Å². The quantitative estimate of drug-likeness (QED) is 0.672. The van der Waals surface area contributed by atoms with Crippen LogP contribution in [-0.2, 0) is 9.59 Å². The normalized spacial score (nSPS) is 16.0. The third-order valence-electron chi connectivity index (χ3n) is 5.30. The molecule has 0 aliphatic carbocycles. The zero-order valence-electron chi connectivity index (χ0n) is 17.0. The number of nitrogens with zero attached hydrogens (tertiary/aromatic N) is 1. The maximum atomic E-state index is 13.1. The molecule has 0 saturated carbocycles. The monoisotopic (exact) mass is 406 g/mol. The Morgan fingerprint density at radius 2 is 1.97 bits per heavy atom. The predicted octanol–water partition coefficient (Wildman–Crippen LogP) is 3.55. The first-order valence-corrected chi connectivity index (χ1v) is 9.73. The van der Waals surface area contributed by atoms with Crippen LogP contribution in [0.4, 0.5) is 11.4 Å². The van der Waals surface area contributed by atoms with E-state index in [0.717, 1.165) is 10.9 Å².